The molecule has 62 valence electrons. The molecule has 0 aromatic rings. The first-order valence-electron chi connectivity index (χ1n) is 4.45. The molecule has 1 nitrogen and oxygen atoms in total. The molecule has 0 radical (unpaired) electrons. The Labute approximate surface area is 70.0 Å². The third-order valence-electron chi connectivity index (χ3n) is 3.10. The molecule has 0 spiro atoms. The maximum absolute atomic E-state index is 3.58. The van der Waals surface area contributed by atoms with Gasteiger partial charge in [0.2, 0.25) is 0 Å². The molecule has 2 fully saturated rings. The van der Waals surface area contributed by atoms with Crippen LogP contribution < -0.4 is 5.32 Å². The maximum Gasteiger partial charge on any atom is 0.102 e. The van der Waals surface area contributed by atoms with Crippen LogP contribution in [-0.4, -0.2) is 31.7 Å². The highest BCUT2D eigenvalue weighted by molar-refractivity contribution is 7.55. The van der Waals surface area contributed by atoms with Crippen LogP contribution in [0.1, 0.15) is 6.92 Å². The lowest BCUT2D eigenvalue weighted by Crippen LogP contribution is -2.28. The summed E-state index contributed by atoms with van der Waals surface area (Å²) in [7, 11) is 0.182. The molecule has 1 N–H and O–H groups in total. The first kappa shape index (κ1) is 7.76. The fraction of sp³-hybridized carbons (Fsp3) is 0.889. The Hall–Kier alpha value is 0.130. The number of hydrogen-bond acceptors (Lipinski definition) is 1. The highest BCUT2D eigenvalue weighted by Gasteiger charge is 2.55. The van der Waals surface area contributed by atoms with Crippen LogP contribution in [0.15, 0.2) is 0 Å². The van der Waals surface area contributed by atoms with Crippen LogP contribution in [0, 0.1) is 17.8 Å². The Kier molecular flexibility index (Phi) is 1.81. The van der Waals surface area contributed by atoms with E-state index in [1.807, 2.05) is 0 Å². The summed E-state index contributed by atoms with van der Waals surface area (Å²) in [5, 5.41) is 3.58. The summed E-state index contributed by atoms with van der Waals surface area (Å²) >= 11 is 0. The standard InChI is InChI=1S/C9H17NP/c1-6-7-4-10-8(9(6)7)5-11(2)3/h5-10H,4H2,1-3H3/q+1. The number of rotatable bonds is 1. The topological polar surface area (TPSA) is 12.0 Å². The van der Waals surface area contributed by atoms with E-state index in [1.54, 1.807) is 0 Å². The Balaban J connectivity index is 2.02. The van der Waals surface area contributed by atoms with Crippen molar-refractivity contribution >= 4 is 13.3 Å². The van der Waals surface area contributed by atoms with E-state index >= 15 is 0 Å². The lowest BCUT2D eigenvalue weighted by atomic mass is 10.2. The van der Waals surface area contributed by atoms with Gasteiger partial charge >= 0.3 is 0 Å². The smallest absolute Gasteiger partial charge is 0.102 e. The van der Waals surface area contributed by atoms with E-state index in [0.29, 0.717) is 0 Å². The Morgan fingerprint density at radius 3 is 2.64 bits per heavy atom. The molecule has 1 aliphatic heterocycles. The predicted octanol–water partition coefficient (Wildman–Crippen LogP) is 1.38. The molecular weight excluding hydrogens is 153 g/mol. The van der Waals surface area contributed by atoms with Gasteiger partial charge in [0, 0.05) is 0 Å². The third-order valence-corrected chi connectivity index (χ3v) is 4.02. The number of fused-ring (bicyclic) bond motifs is 1. The molecule has 0 amide bonds. The average molecular weight is 170 g/mol. The quantitative estimate of drug-likeness (QED) is 0.586. The van der Waals surface area contributed by atoms with Gasteiger partial charge in [-0.1, -0.05) is 6.92 Å². The zero-order valence-electron chi connectivity index (χ0n) is 7.54. The molecule has 0 bridgehead atoms. The SMILES string of the molecule is CC1C2CNC(C=[P+](C)C)C12. The van der Waals surface area contributed by atoms with Crippen molar-refractivity contribution in [3.8, 4) is 0 Å². The van der Waals surface area contributed by atoms with E-state index in [0.717, 1.165) is 23.8 Å². The van der Waals surface area contributed by atoms with Gasteiger partial charge in [-0.25, -0.2) is 0 Å². The summed E-state index contributed by atoms with van der Waals surface area (Å²) in [6, 6.07) is 0.760. The highest BCUT2D eigenvalue weighted by atomic mass is 31.1. The lowest BCUT2D eigenvalue weighted by molar-refractivity contribution is 0.591. The second-order valence-electron chi connectivity index (χ2n) is 4.15. The van der Waals surface area contributed by atoms with Gasteiger partial charge in [-0.2, -0.15) is 0 Å². The molecular formula is C9H17NP+. The number of piperidine rings is 1. The molecule has 2 rings (SSSR count). The van der Waals surface area contributed by atoms with Crippen LogP contribution >= 0.6 is 7.55 Å². The summed E-state index contributed by atoms with van der Waals surface area (Å²) in [6.45, 7) is 8.33. The van der Waals surface area contributed by atoms with E-state index in [4.69, 9.17) is 0 Å². The molecule has 1 saturated heterocycles. The minimum absolute atomic E-state index is 0.182. The molecule has 0 aromatic heterocycles. The van der Waals surface area contributed by atoms with Crippen LogP contribution in [-0.2, 0) is 0 Å². The first-order valence-corrected chi connectivity index (χ1v) is 6.75. The van der Waals surface area contributed by atoms with E-state index in [9.17, 15) is 0 Å². The minimum atomic E-state index is 0.182. The Bertz CT molecular complexity index is 196. The van der Waals surface area contributed by atoms with Crippen molar-refractivity contribution in [3.63, 3.8) is 0 Å². The van der Waals surface area contributed by atoms with Crippen molar-refractivity contribution in [2.45, 2.75) is 13.0 Å². The van der Waals surface area contributed by atoms with E-state index < -0.39 is 0 Å². The van der Waals surface area contributed by atoms with Crippen molar-refractivity contribution < 1.29 is 0 Å². The first-order chi connectivity index (χ1) is 5.20. The lowest BCUT2D eigenvalue weighted by Gasteiger charge is -2.05. The fourth-order valence-corrected chi connectivity index (χ4v) is 3.32. The van der Waals surface area contributed by atoms with Crippen LogP contribution in [0.25, 0.3) is 0 Å². The highest BCUT2D eigenvalue weighted by Crippen LogP contribution is 2.51. The monoisotopic (exact) mass is 170 g/mol. The van der Waals surface area contributed by atoms with Crippen molar-refractivity contribution in [1.29, 1.82) is 0 Å². The van der Waals surface area contributed by atoms with Gasteiger partial charge < -0.3 is 5.32 Å². The van der Waals surface area contributed by atoms with Crippen molar-refractivity contribution in [2.24, 2.45) is 17.8 Å². The molecule has 0 aromatic carbocycles. The van der Waals surface area contributed by atoms with Gasteiger partial charge in [-0.05, 0) is 24.3 Å². The van der Waals surface area contributed by atoms with Gasteiger partial charge in [-0.3, -0.25) is 0 Å². The van der Waals surface area contributed by atoms with Gasteiger partial charge in [0.05, 0.1) is 26.9 Å². The molecule has 4 atom stereocenters. The predicted molar refractivity (Wildman–Crippen MR) is 52.8 cm³/mol. The van der Waals surface area contributed by atoms with Crippen molar-refractivity contribution in [2.75, 3.05) is 19.9 Å². The summed E-state index contributed by atoms with van der Waals surface area (Å²) < 4.78 is 0. The van der Waals surface area contributed by atoms with E-state index in [-0.39, 0.29) is 7.55 Å². The molecule has 1 heterocycles. The minimum Gasteiger partial charge on any atom is -0.307 e. The summed E-state index contributed by atoms with van der Waals surface area (Å²) in [6.07, 6.45) is 0. The molecule has 2 aliphatic rings. The van der Waals surface area contributed by atoms with Crippen molar-refractivity contribution in [1.82, 2.24) is 5.32 Å². The zero-order valence-corrected chi connectivity index (χ0v) is 8.44. The van der Waals surface area contributed by atoms with E-state index in [2.05, 4.69) is 31.4 Å². The van der Waals surface area contributed by atoms with Crippen molar-refractivity contribution in [3.05, 3.63) is 0 Å². The summed E-state index contributed by atoms with van der Waals surface area (Å²) in [4.78, 5) is 0. The fourth-order valence-electron chi connectivity index (χ4n) is 2.38. The molecule has 1 saturated carbocycles. The number of hydrogen-bond donors (Lipinski definition) is 1. The molecule has 1 aliphatic carbocycles. The molecule has 4 unspecified atom stereocenters. The van der Waals surface area contributed by atoms with Crippen LogP contribution in [0.3, 0.4) is 0 Å². The van der Waals surface area contributed by atoms with Crippen LogP contribution in [0.4, 0.5) is 0 Å². The normalized spacial score (nSPS) is 46.8. The largest absolute Gasteiger partial charge is 0.307 e. The second kappa shape index (κ2) is 2.57. The third kappa shape index (κ3) is 1.25. The average Bonchev–Trinajstić information content (AvgIpc) is 2.39. The van der Waals surface area contributed by atoms with Gasteiger partial charge in [0.15, 0.2) is 0 Å². The Morgan fingerprint density at radius 1 is 1.45 bits per heavy atom. The number of nitrogens with one attached hydrogen (secondary N) is 1. The molecule has 11 heavy (non-hydrogen) atoms. The van der Waals surface area contributed by atoms with Gasteiger partial charge in [0.1, 0.15) is 5.80 Å². The Morgan fingerprint density at radius 2 is 2.18 bits per heavy atom. The van der Waals surface area contributed by atoms with E-state index in [1.165, 1.54) is 6.54 Å². The van der Waals surface area contributed by atoms with Crippen LogP contribution in [0.5, 0.6) is 0 Å². The summed E-state index contributed by atoms with van der Waals surface area (Å²) in [5.74, 6) is 5.56. The van der Waals surface area contributed by atoms with Gasteiger partial charge in [-0.15, -0.1) is 0 Å². The second-order valence-corrected chi connectivity index (χ2v) is 6.37. The van der Waals surface area contributed by atoms with Crippen LogP contribution in [0.2, 0.25) is 0 Å². The maximum atomic E-state index is 3.58. The molecule has 2 heteroatoms. The summed E-state index contributed by atoms with van der Waals surface area (Å²) in [5.41, 5.74) is 0. The zero-order chi connectivity index (χ0) is 8.01. The van der Waals surface area contributed by atoms with Gasteiger partial charge in [0.25, 0.3) is 0 Å².